The number of hydrogen-bond donors (Lipinski definition) is 3. The van der Waals surface area contributed by atoms with Crippen molar-refractivity contribution in [2.45, 2.75) is 37.6 Å². The van der Waals surface area contributed by atoms with Crippen LogP contribution in [0.25, 0.3) is 11.1 Å². The molecule has 0 spiro atoms. The normalized spacial score (nSPS) is 30.0. The molecule has 176 valence electrons. The zero-order valence-electron chi connectivity index (χ0n) is 18.8. The van der Waals surface area contributed by atoms with E-state index in [0.29, 0.717) is 13.0 Å². The number of fused-ring (bicyclic) bond motifs is 4. The summed E-state index contributed by atoms with van der Waals surface area (Å²) in [6.07, 6.45) is 2.30. The third-order valence-corrected chi connectivity index (χ3v) is 8.30. The Balaban J connectivity index is 0.962. The summed E-state index contributed by atoms with van der Waals surface area (Å²) in [5.74, 6) is -0.543. The zero-order valence-corrected chi connectivity index (χ0v) is 18.8. The number of ether oxygens (including phenoxy) is 1. The van der Waals surface area contributed by atoms with Gasteiger partial charge >= 0.3 is 12.1 Å². The van der Waals surface area contributed by atoms with Gasteiger partial charge in [-0.3, -0.25) is 9.59 Å². The minimum Gasteiger partial charge on any atom is -0.481 e. The van der Waals surface area contributed by atoms with Crippen LogP contribution in [0, 0.1) is 23.2 Å². The lowest BCUT2D eigenvalue weighted by Gasteiger charge is -2.16. The first-order valence-corrected chi connectivity index (χ1v) is 12.1. The van der Waals surface area contributed by atoms with E-state index in [4.69, 9.17) is 4.74 Å². The standard InChI is InChI=1S/C27H28N2O5/c30-24(29-17-10-16-11-27(16,12-17)25(31)32)22-9-15(22)13-28-26(33)34-14-23-20-7-3-1-5-18(20)19-6-2-4-8-21(19)23/h1-8,15-17,22-23H,9-14H2,(H,28,33)(H,29,30)(H,31,32)/t15-,16-,17+,22-,27+/m1/s1. The summed E-state index contributed by atoms with van der Waals surface area (Å²) in [6, 6.07) is 16.4. The van der Waals surface area contributed by atoms with E-state index < -0.39 is 17.5 Å². The van der Waals surface area contributed by atoms with Gasteiger partial charge in [0.15, 0.2) is 0 Å². The molecular formula is C27H28N2O5. The molecule has 2 amide bonds. The highest BCUT2D eigenvalue weighted by Gasteiger charge is 2.65. The minimum atomic E-state index is -0.731. The number of alkyl carbamates (subject to hydrolysis) is 1. The van der Waals surface area contributed by atoms with Gasteiger partial charge in [0.1, 0.15) is 6.61 Å². The molecule has 4 aliphatic carbocycles. The first-order valence-electron chi connectivity index (χ1n) is 12.1. The van der Waals surface area contributed by atoms with Gasteiger partial charge in [0.2, 0.25) is 5.91 Å². The van der Waals surface area contributed by atoms with Crippen LogP contribution < -0.4 is 10.6 Å². The average molecular weight is 461 g/mol. The van der Waals surface area contributed by atoms with Crippen molar-refractivity contribution in [1.29, 1.82) is 0 Å². The Morgan fingerprint density at radius 3 is 2.29 bits per heavy atom. The van der Waals surface area contributed by atoms with Crippen molar-refractivity contribution in [3.05, 3.63) is 59.7 Å². The smallest absolute Gasteiger partial charge is 0.407 e. The summed E-state index contributed by atoms with van der Waals surface area (Å²) in [4.78, 5) is 36.3. The first kappa shape index (κ1) is 21.2. The number of aliphatic carboxylic acids is 1. The predicted molar refractivity (Wildman–Crippen MR) is 124 cm³/mol. The van der Waals surface area contributed by atoms with Crippen LogP contribution in [0.5, 0.6) is 0 Å². The van der Waals surface area contributed by atoms with E-state index in [-0.39, 0.29) is 42.2 Å². The molecule has 0 aromatic heterocycles. The molecule has 0 heterocycles. The second kappa shape index (κ2) is 7.86. The molecule has 4 aliphatic rings. The van der Waals surface area contributed by atoms with Crippen molar-refractivity contribution < 1.29 is 24.2 Å². The van der Waals surface area contributed by atoms with Crippen molar-refractivity contribution in [2.24, 2.45) is 23.2 Å². The van der Waals surface area contributed by atoms with E-state index in [0.717, 1.165) is 19.3 Å². The second-order valence-electron chi connectivity index (χ2n) is 10.3. The maximum absolute atomic E-state index is 12.5. The second-order valence-corrected chi connectivity index (χ2v) is 10.3. The molecule has 0 radical (unpaired) electrons. The number of carbonyl (C=O) groups is 3. The van der Waals surface area contributed by atoms with Crippen LogP contribution in [0.4, 0.5) is 4.79 Å². The lowest BCUT2D eigenvalue weighted by atomic mass is 9.98. The fraction of sp³-hybridized carbons (Fsp3) is 0.444. The highest BCUT2D eigenvalue weighted by atomic mass is 16.5. The molecule has 2 aromatic carbocycles. The van der Waals surface area contributed by atoms with Crippen LogP contribution in [0.15, 0.2) is 48.5 Å². The van der Waals surface area contributed by atoms with Gasteiger partial charge in [-0.1, -0.05) is 48.5 Å². The van der Waals surface area contributed by atoms with Crippen LogP contribution in [-0.4, -0.2) is 42.3 Å². The van der Waals surface area contributed by atoms with Crippen LogP contribution >= 0.6 is 0 Å². The van der Waals surface area contributed by atoms with Gasteiger partial charge in [-0.25, -0.2) is 4.79 Å². The zero-order chi connectivity index (χ0) is 23.4. The van der Waals surface area contributed by atoms with E-state index in [9.17, 15) is 19.5 Å². The Hall–Kier alpha value is -3.35. The third kappa shape index (κ3) is 3.54. The summed E-state index contributed by atoms with van der Waals surface area (Å²) >= 11 is 0. The van der Waals surface area contributed by atoms with Crippen LogP contribution in [0.2, 0.25) is 0 Å². The Morgan fingerprint density at radius 2 is 1.65 bits per heavy atom. The number of carbonyl (C=O) groups excluding carboxylic acids is 2. The van der Waals surface area contributed by atoms with Gasteiger partial charge in [-0.2, -0.15) is 0 Å². The highest BCUT2D eigenvalue weighted by molar-refractivity contribution is 5.83. The van der Waals surface area contributed by atoms with Crippen molar-refractivity contribution in [3.63, 3.8) is 0 Å². The number of benzene rings is 2. The monoisotopic (exact) mass is 460 g/mol. The van der Waals surface area contributed by atoms with Crippen molar-refractivity contribution >= 4 is 18.0 Å². The number of amides is 2. The van der Waals surface area contributed by atoms with Gasteiger partial charge in [-0.15, -0.1) is 0 Å². The summed E-state index contributed by atoms with van der Waals surface area (Å²) in [5, 5.41) is 15.2. The summed E-state index contributed by atoms with van der Waals surface area (Å²) in [6.45, 7) is 0.670. The Kier molecular flexibility index (Phi) is 4.90. The molecule has 7 heteroatoms. The molecule has 3 N–H and O–H groups in total. The van der Waals surface area contributed by atoms with Crippen LogP contribution in [0.3, 0.4) is 0 Å². The number of nitrogens with one attached hydrogen (secondary N) is 2. The molecule has 3 fully saturated rings. The minimum absolute atomic E-state index is 0.0179. The lowest BCUT2D eigenvalue weighted by Crippen LogP contribution is -2.37. The molecular weight excluding hydrogens is 432 g/mol. The van der Waals surface area contributed by atoms with Gasteiger partial charge in [0.25, 0.3) is 0 Å². The number of carboxylic acid groups (broad SMARTS) is 1. The molecule has 0 saturated heterocycles. The topological polar surface area (TPSA) is 105 Å². The Bertz CT molecular complexity index is 1130. The van der Waals surface area contributed by atoms with E-state index in [1.165, 1.54) is 22.3 Å². The molecule has 5 atom stereocenters. The molecule has 0 bridgehead atoms. The Labute approximate surface area is 197 Å². The van der Waals surface area contributed by atoms with E-state index in [1.807, 2.05) is 24.3 Å². The lowest BCUT2D eigenvalue weighted by molar-refractivity contribution is -0.143. The fourth-order valence-electron chi connectivity index (χ4n) is 6.23. The molecule has 0 unspecified atom stereocenters. The Morgan fingerprint density at radius 1 is 0.971 bits per heavy atom. The average Bonchev–Trinajstić information content (AvgIpc) is 3.70. The van der Waals surface area contributed by atoms with Crippen LogP contribution in [-0.2, 0) is 14.3 Å². The van der Waals surface area contributed by atoms with Gasteiger partial charge in [0.05, 0.1) is 5.41 Å². The highest BCUT2D eigenvalue weighted by Crippen LogP contribution is 2.63. The van der Waals surface area contributed by atoms with Crippen molar-refractivity contribution in [2.75, 3.05) is 13.2 Å². The maximum atomic E-state index is 12.5. The van der Waals surface area contributed by atoms with E-state index in [2.05, 4.69) is 34.9 Å². The van der Waals surface area contributed by atoms with E-state index >= 15 is 0 Å². The predicted octanol–water partition coefficient (Wildman–Crippen LogP) is 3.53. The van der Waals surface area contributed by atoms with Gasteiger partial charge in [0, 0.05) is 24.4 Å². The van der Waals surface area contributed by atoms with Crippen molar-refractivity contribution in [1.82, 2.24) is 10.6 Å². The molecule has 0 aliphatic heterocycles. The quantitative estimate of drug-likeness (QED) is 0.586. The van der Waals surface area contributed by atoms with Gasteiger partial charge in [-0.05, 0) is 59.8 Å². The summed E-state index contributed by atoms with van der Waals surface area (Å²) < 4.78 is 5.57. The molecule has 2 aromatic rings. The number of carboxylic acids is 1. The number of hydrogen-bond acceptors (Lipinski definition) is 4. The molecule has 34 heavy (non-hydrogen) atoms. The molecule has 6 rings (SSSR count). The summed E-state index contributed by atoms with van der Waals surface area (Å²) in [7, 11) is 0. The van der Waals surface area contributed by atoms with Crippen molar-refractivity contribution in [3.8, 4) is 11.1 Å². The largest absolute Gasteiger partial charge is 0.481 e. The molecule has 3 saturated carbocycles. The third-order valence-electron chi connectivity index (χ3n) is 8.30. The summed E-state index contributed by atoms with van der Waals surface area (Å²) in [5.41, 5.74) is 4.13. The van der Waals surface area contributed by atoms with Crippen LogP contribution in [0.1, 0.15) is 42.7 Å². The molecule has 7 nitrogen and oxygen atoms in total. The van der Waals surface area contributed by atoms with E-state index in [1.54, 1.807) is 0 Å². The number of rotatable bonds is 7. The first-order chi connectivity index (χ1) is 16.5. The SMILES string of the molecule is O=C(NC[C@H]1C[C@H]1C(=O)N[C@H]1C[C@@H]2C[C@]2(C(=O)O)C1)OCC1c2ccccc2-c2ccccc21. The van der Waals surface area contributed by atoms with Gasteiger partial charge < -0.3 is 20.5 Å². The maximum Gasteiger partial charge on any atom is 0.407 e. The fourth-order valence-corrected chi connectivity index (χ4v) is 6.23.